The molecule has 1 unspecified atom stereocenters. The van der Waals surface area contributed by atoms with Gasteiger partial charge < -0.3 is 15.4 Å². The molecule has 0 saturated carbocycles. The Morgan fingerprint density at radius 2 is 2.06 bits per heavy atom. The van der Waals surface area contributed by atoms with Gasteiger partial charge in [-0.15, -0.1) is 0 Å². The van der Waals surface area contributed by atoms with E-state index in [1.54, 1.807) is 29.5 Å². The molecule has 0 radical (unpaired) electrons. The Kier molecular flexibility index (Phi) is 7.46. The average molecular weight is 468 g/mol. The molecule has 1 fully saturated rings. The number of fused-ring (bicyclic) bond motifs is 1. The molecule has 182 valence electrons. The smallest absolute Gasteiger partial charge is 0.330 e. The van der Waals surface area contributed by atoms with Crippen LogP contribution in [0.4, 0.5) is 5.95 Å². The second-order valence-electron chi connectivity index (χ2n) is 8.62. The van der Waals surface area contributed by atoms with Gasteiger partial charge in [0, 0.05) is 26.7 Å². The fourth-order valence-electron chi connectivity index (χ4n) is 4.38. The van der Waals surface area contributed by atoms with Gasteiger partial charge in [-0.05, 0) is 30.5 Å². The Morgan fingerprint density at radius 1 is 1.26 bits per heavy atom. The molecule has 2 aromatic heterocycles. The number of carbonyl (C=O) groups is 1. The first-order valence-corrected chi connectivity index (χ1v) is 11.8. The van der Waals surface area contributed by atoms with Gasteiger partial charge in [0.1, 0.15) is 11.3 Å². The first kappa shape index (κ1) is 23.7. The molecule has 3 aromatic rings. The Hall–Kier alpha value is -3.40. The molecule has 1 aromatic carbocycles. The molecule has 0 aliphatic carbocycles. The Balaban J connectivity index is 1.69. The van der Waals surface area contributed by atoms with Gasteiger partial charge in [-0.25, -0.2) is 9.78 Å². The van der Waals surface area contributed by atoms with Crippen LogP contribution in [-0.2, 0) is 11.3 Å². The van der Waals surface area contributed by atoms with Crippen molar-refractivity contribution in [1.82, 2.24) is 29.3 Å². The summed E-state index contributed by atoms with van der Waals surface area (Å²) < 4.78 is 8.78. The van der Waals surface area contributed by atoms with Gasteiger partial charge in [0.2, 0.25) is 11.9 Å². The number of benzene rings is 1. The number of nitrogens with zero attached hydrogens (tertiary/aromatic N) is 5. The van der Waals surface area contributed by atoms with Crippen LogP contribution in [0.15, 0.2) is 35.3 Å². The van der Waals surface area contributed by atoms with Crippen molar-refractivity contribution in [2.75, 3.05) is 45.7 Å². The molecule has 1 amide bonds. The van der Waals surface area contributed by atoms with Crippen LogP contribution in [0.5, 0.6) is 5.75 Å². The van der Waals surface area contributed by atoms with Crippen molar-refractivity contribution in [3.05, 3.63) is 46.5 Å². The van der Waals surface area contributed by atoms with Gasteiger partial charge in [-0.2, -0.15) is 4.98 Å². The quantitative estimate of drug-likeness (QED) is 0.438. The number of ether oxygens (including phenoxy) is 1. The third-order valence-corrected chi connectivity index (χ3v) is 6.27. The third kappa shape index (κ3) is 5.06. The summed E-state index contributed by atoms with van der Waals surface area (Å²) in [5.74, 6) is 1.26. The lowest BCUT2D eigenvalue weighted by atomic mass is 10.2. The number of anilines is 1. The van der Waals surface area contributed by atoms with Gasteiger partial charge >= 0.3 is 5.69 Å². The number of methoxy groups -OCH3 is 1. The zero-order valence-electron chi connectivity index (χ0n) is 20.1. The fourth-order valence-corrected chi connectivity index (χ4v) is 4.38. The van der Waals surface area contributed by atoms with E-state index in [0.29, 0.717) is 36.7 Å². The predicted octanol–water partition coefficient (Wildman–Crippen LogP) is 1.85. The molecule has 1 aliphatic rings. The molecule has 10 heteroatoms. The molecular weight excluding hydrogens is 434 g/mol. The maximum Gasteiger partial charge on any atom is 0.330 e. The summed E-state index contributed by atoms with van der Waals surface area (Å²) in [7, 11) is 3.27. The summed E-state index contributed by atoms with van der Waals surface area (Å²) in [6, 6.07) is 7.65. The van der Waals surface area contributed by atoms with E-state index in [-0.39, 0.29) is 17.6 Å². The molecule has 3 heterocycles. The molecule has 34 heavy (non-hydrogen) atoms. The highest BCUT2D eigenvalue weighted by Gasteiger charge is 2.29. The zero-order valence-corrected chi connectivity index (χ0v) is 20.1. The summed E-state index contributed by atoms with van der Waals surface area (Å²) in [5, 5.41) is 5.93. The monoisotopic (exact) mass is 467 g/mol. The number of likely N-dealkylation sites (tertiary alicyclic amines) is 1. The second kappa shape index (κ2) is 10.7. The van der Waals surface area contributed by atoms with E-state index < -0.39 is 0 Å². The number of likely N-dealkylation sites (N-methyl/N-ethyl adjacent to an activating group) is 1. The number of hydrogen-bond acceptors (Lipinski definition) is 7. The largest absolute Gasteiger partial charge is 0.497 e. The fraction of sp³-hybridized carbons (Fsp3) is 0.500. The van der Waals surface area contributed by atoms with Gasteiger partial charge in [0.25, 0.3) is 0 Å². The normalized spacial score (nSPS) is 16.1. The standard InChI is InChI=1S/C24H33N7O3/c1-4-5-11-26-23-27-13-20-22(28-23)30(14-17-6-8-19(34-3)9-7-17)24(33)31(20)18-10-12-29(15-18)16-21(32)25-2/h6-9,13,18H,4-5,10-12,14-16H2,1-3H3,(H,25,32)(H,26,27,28). The first-order chi connectivity index (χ1) is 16.5. The van der Waals surface area contributed by atoms with E-state index >= 15 is 0 Å². The average Bonchev–Trinajstić information content (AvgIpc) is 3.41. The van der Waals surface area contributed by atoms with Gasteiger partial charge in [-0.3, -0.25) is 18.8 Å². The van der Waals surface area contributed by atoms with Crippen molar-refractivity contribution in [3.8, 4) is 5.75 Å². The number of nitrogens with one attached hydrogen (secondary N) is 2. The lowest BCUT2D eigenvalue weighted by molar-refractivity contribution is -0.121. The number of aromatic nitrogens is 4. The molecule has 1 aliphatic heterocycles. The number of carbonyl (C=O) groups excluding carboxylic acids is 1. The molecule has 1 saturated heterocycles. The molecule has 0 spiro atoms. The van der Waals surface area contributed by atoms with Crippen LogP contribution in [-0.4, -0.2) is 70.2 Å². The molecule has 10 nitrogen and oxygen atoms in total. The minimum absolute atomic E-state index is 0.0268. The van der Waals surface area contributed by atoms with Crippen LogP contribution in [0.25, 0.3) is 11.2 Å². The van der Waals surface area contributed by atoms with Crippen molar-refractivity contribution in [2.45, 2.75) is 38.8 Å². The van der Waals surface area contributed by atoms with Crippen molar-refractivity contribution in [3.63, 3.8) is 0 Å². The molecule has 4 rings (SSSR count). The van der Waals surface area contributed by atoms with Crippen LogP contribution in [0.1, 0.15) is 37.8 Å². The molecule has 0 bridgehead atoms. The van der Waals surface area contributed by atoms with E-state index in [9.17, 15) is 9.59 Å². The van der Waals surface area contributed by atoms with Gasteiger partial charge in [-0.1, -0.05) is 25.5 Å². The van der Waals surface area contributed by atoms with Crippen molar-refractivity contribution >= 4 is 23.0 Å². The number of amides is 1. The number of hydrogen-bond donors (Lipinski definition) is 2. The van der Waals surface area contributed by atoms with Crippen LogP contribution in [0, 0.1) is 0 Å². The number of rotatable bonds is 10. The lowest BCUT2D eigenvalue weighted by Gasteiger charge is -2.15. The molecular formula is C24H33N7O3. The summed E-state index contributed by atoms with van der Waals surface area (Å²) in [4.78, 5) is 36.8. The summed E-state index contributed by atoms with van der Waals surface area (Å²) in [5.41, 5.74) is 2.19. The summed E-state index contributed by atoms with van der Waals surface area (Å²) in [6.45, 7) is 5.02. The van der Waals surface area contributed by atoms with E-state index in [4.69, 9.17) is 9.72 Å². The second-order valence-corrected chi connectivity index (χ2v) is 8.62. The maximum atomic E-state index is 13.7. The Bertz CT molecular complexity index is 1190. The first-order valence-electron chi connectivity index (χ1n) is 11.8. The topological polar surface area (TPSA) is 106 Å². The van der Waals surface area contributed by atoms with Crippen LogP contribution < -0.4 is 21.1 Å². The van der Waals surface area contributed by atoms with Crippen LogP contribution in [0.2, 0.25) is 0 Å². The van der Waals surface area contributed by atoms with E-state index in [1.165, 1.54) is 0 Å². The minimum atomic E-state index is -0.113. The number of imidazole rings is 1. The predicted molar refractivity (Wildman–Crippen MR) is 131 cm³/mol. The Labute approximate surface area is 198 Å². The highest BCUT2D eigenvalue weighted by molar-refractivity contribution is 5.77. The SMILES string of the molecule is CCCCNc1ncc2c(n1)n(Cc1ccc(OC)cc1)c(=O)n2C1CCN(CC(=O)NC)C1. The van der Waals surface area contributed by atoms with Crippen molar-refractivity contribution in [2.24, 2.45) is 0 Å². The third-order valence-electron chi connectivity index (χ3n) is 6.27. The zero-order chi connectivity index (χ0) is 24.1. The molecule has 1 atom stereocenters. The van der Waals surface area contributed by atoms with Crippen LogP contribution >= 0.6 is 0 Å². The molecule has 2 N–H and O–H groups in total. The lowest BCUT2D eigenvalue weighted by Crippen LogP contribution is -2.35. The summed E-state index contributed by atoms with van der Waals surface area (Å²) in [6.07, 6.45) is 4.62. The number of unbranched alkanes of at least 4 members (excludes halogenated alkanes) is 1. The van der Waals surface area contributed by atoms with E-state index in [0.717, 1.165) is 43.7 Å². The van der Waals surface area contributed by atoms with Gasteiger partial charge in [0.15, 0.2) is 5.65 Å². The minimum Gasteiger partial charge on any atom is -0.497 e. The highest BCUT2D eigenvalue weighted by Crippen LogP contribution is 2.25. The van der Waals surface area contributed by atoms with Gasteiger partial charge in [0.05, 0.1) is 32.4 Å². The summed E-state index contributed by atoms with van der Waals surface area (Å²) >= 11 is 0. The van der Waals surface area contributed by atoms with Crippen LogP contribution in [0.3, 0.4) is 0 Å². The van der Waals surface area contributed by atoms with Crippen molar-refractivity contribution in [1.29, 1.82) is 0 Å². The van der Waals surface area contributed by atoms with Crippen molar-refractivity contribution < 1.29 is 9.53 Å². The maximum absolute atomic E-state index is 13.7. The van der Waals surface area contributed by atoms with E-state index in [1.807, 2.05) is 24.3 Å². The Morgan fingerprint density at radius 3 is 2.76 bits per heavy atom. The highest BCUT2D eigenvalue weighted by atomic mass is 16.5. The van der Waals surface area contributed by atoms with E-state index in [2.05, 4.69) is 27.4 Å².